The van der Waals surface area contributed by atoms with Crippen LogP contribution in [0.25, 0.3) is 0 Å². The van der Waals surface area contributed by atoms with Crippen LogP contribution in [-0.2, 0) is 21.9 Å². The number of nitrogens with zero attached hydrogens (tertiary/aromatic N) is 1. The number of rotatable bonds is 11. The zero-order chi connectivity index (χ0) is 22.8. The largest absolute Gasteiger partial charge is 0.354 e. The molecule has 1 atom stereocenters. The van der Waals surface area contributed by atoms with Crippen molar-refractivity contribution in [2.75, 3.05) is 12.3 Å². The smallest absolute Gasteiger partial charge is 0.242 e. The van der Waals surface area contributed by atoms with Crippen molar-refractivity contribution >= 4 is 58.4 Å². The number of nitrogens with one attached hydrogen (secondary N) is 1. The fourth-order valence-corrected chi connectivity index (χ4v) is 4.42. The van der Waals surface area contributed by atoms with Gasteiger partial charge in [0.15, 0.2) is 0 Å². The van der Waals surface area contributed by atoms with Gasteiger partial charge in [0.25, 0.3) is 0 Å². The minimum atomic E-state index is -0.611. The molecule has 0 aliphatic heterocycles. The molecule has 4 nitrogen and oxygen atoms in total. The van der Waals surface area contributed by atoms with E-state index in [2.05, 4.69) is 12.2 Å². The third-order valence-electron chi connectivity index (χ3n) is 4.77. The molecule has 0 radical (unpaired) electrons. The van der Waals surface area contributed by atoms with Crippen molar-refractivity contribution in [3.63, 3.8) is 0 Å². The molecular formula is C23H27Cl3N2O2S. The summed E-state index contributed by atoms with van der Waals surface area (Å²) >= 11 is 19.8. The van der Waals surface area contributed by atoms with Gasteiger partial charge in [-0.15, -0.1) is 11.8 Å². The van der Waals surface area contributed by atoms with Crippen LogP contribution < -0.4 is 5.32 Å². The molecule has 0 aliphatic rings. The van der Waals surface area contributed by atoms with Crippen molar-refractivity contribution in [3.05, 3.63) is 68.7 Å². The van der Waals surface area contributed by atoms with Crippen molar-refractivity contribution < 1.29 is 9.59 Å². The molecule has 0 fully saturated rings. The molecule has 0 saturated heterocycles. The molecule has 0 aromatic heterocycles. The van der Waals surface area contributed by atoms with Crippen LogP contribution in [-0.4, -0.2) is 35.1 Å². The monoisotopic (exact) mass is 500 g/mol. The number of halogens is 3. The average Bonchev–Trinajstić information content (AvgIpc) is 2.75. The summed E-state index contributed by atoms with van der Waals surface area (Å²) < 4.78 is 0. The number of unbranched alkanes of at least 4 members (excludes halogenated alkanes) is 1. The number of thioether (sulfide) groups is 1. The molecule has 2 aromatic rings. The minimum absolute atomic E-state index is 0.124. The molecule has 1 unspecified atom stereocenters. The maximum Gasteiger partial charge on any atom is 0.242 e. The molecule has 31 heavy (non-hydrogen) atoms. The van der Waals surface area contributed by atoms with Crippen molar-refractivity contribution in [2.24, 2.45) is 0 Å². The Morgan fingerprint density at radius 1 is 1.06 bits per heavy atom. The molecule has 0 bridgehead atoms. The van der Waals surface area contributed by atoms with Gasteiger partial charge in [-0.1, -0.05) is 72.4 Å². The fourth-order valence-electron chi connectivity index (χ4n) is 2.90. The van der Waals surface area contributed by atoms with E-state index in [1.807, 2.05) is 30.3 Å². The summed E-state index contributed by atoms with van der Waals surface area (Å²) in [5.74, 6) is 0.557. The second-order valence-electron chi connectivity index (χ2n) is 7.17. The first-order valence-corrected chi connectivity index (χ1v) is 12.4. The van der Waals surface area contributed by atoms with Gasteiger partial charge in [-0.25, -0.2) is 0 Å². The normalized spacial score (nSPS) is 11.8. The van der Waals surface area contributed by atoms with Crippen molar-refractivity contribution in [1.29, 1.82) is 0 Å². The first-order valence-electron chi connectivity index (χ1n) is 10.2. The number of benzene rings is 2. The van der Waals surface area contributed by atoms with Crippen molar-refractivity contribution in [3.8, 4) is 0 Å². The Bertz CT molecular complexity index is 895. The van der Waals surface area contributed by atoms with E-state index in [9.17, 15) is 9.59 Å². The first-order chi connectivity index (χ1) is 14.8. The van der Waals surface area contributed by atoms with Crippen LogP contribution in [0, 0.1) is 0 Å². The summed E-state index contributed by atoms with van der Waals surface area (Å²) in [7, 11) is 0. The lowest BCUT2D eigenvalue weighted by Gasteiger charge is -2.29. The van der Waals surface area contributed by atoms with Crippen LogP contribution in [0.1, 0.15) is 37.8 Å². The second kappa shape index (κ2) is 13.2. The van der Waals surface area contributed by atoms with E-state index in [0.29, 0.717) is 27.4 Å². The number of carbonyl (C=O) groups excluding carboxylic acids is 2. The lowest BCUT2D eigenvalue weighted by atomic mass is 10.1. The van der Waals surface area contributed by atoms with E-state index in [4.69, 9.17) is 34.8 Å². The highest BCUT2D eigenvalue weighted by Gasteiger charge is 2.26. The highest BCUT2D eigenvalue weighted by Crippen LogP contribution is 2.25. The molecule has 2 aromatic carbocycles. The van der Waals surface area contributed by atoms with Gasteiger partial charge in [-0.3, -0.25) is 9.59 Å². The highest BCUT2D eigenvalue weighted by atomic mass is 35.5. The lowest BCUT2D eigenvalue weighted by Crippen LogP contribution is -2.48. The topological polar surface area (TPSA) is 49.4 Å². The van der Waals surface area contributed by atoms with E-state index in [1.54, 1.807) is 24.0 Å². The zero-order valence-corrected chi connectivity index (χ0v) is 20.8. The summed E-state index contributed by atoms with van der Waals surface area (Å²) in [5.41, 5.74) is 1.79. The van der Waals surface area contributed by atoms with E-state index in [0.717, 1.165) is 24.0 Å². The van der Waals surface area contributed by atoms with E-state index < -0.39 is 6.04 Å². The molecule has 0 aliphatic carbocycles. The molecule has 2 rings (SSSR count). The van der Waals surface area contributed by atoms with Crippen LogP contribution in [0.15, 0.2) is 42.5 Å². The molecule has 168 valence electrons. The molecule has 0 heterocycles. The Morgan fingerprint density at radius 3 is 2.48 bits per heavy atom. The summed E-state index contributed by atoms with van der Waals surface area (Å²) in [4.78, 5) is 27.3. The summed E-state index contributed by atoms with van der Waals surface area (Å²) in [6, 6.07) is 12.2. The first kappa shape index (κ1) is 25.9. The minimum Gasteiger partial charge on any atom is -0.354 e. The van der Waals surface area contributed by atoms with Gasteiger partial charge in [0.05, 0.1) is 15.8 Å². The molecule has 8 heteroatoms. The van der Waals surface area contributed by atoms with Crippen LogP contribution >= 0.6 is 46.6 Å². The maximum atomic E-state index is 13.1. The number of carbonyl (C=O) groups is 2. The molecule has 2 amide bonds. The van der Waals surface area contributed by atoms with Crippen molar-refractivity contribution in [2.45, 2.75) is 45.0 Å². The Labute approximate surface area is 203 Å². The van der Waals surface area contributed by atoms with Gasteiger partial charge in [0.2, 0.25) is 11.8 Å². The predicted molar refractivity (Wildman–Crippen MR) is 132 cm³/mol. The van der Waals surface area contributed by atoms with Gasteiger partial charge in [0, 0.05) is 23.9 Å². The average molecular weight is 502 g/mol. The van der Waals surface area contributed by atoms with Crippen LogP contribution in [0.2, 0.25) is 15.1 Å². The summed E-state index contributed by atoms with van der Waals surface area (Å²) in [6.45, 7) is 4.67. The number of hydrogen-bond acceptors (Lipinski definition) is 3. The maximum absolute atomic E-state index is 13.1. The Morgan fingerprint density at radius 2 is 1.81 bits per heavy atom. The molecule has 0 saturated carbocycles. The van der Waals surface area contributed by atoms with Gasteiger partial charge in [-0.05, 0) is 42.7 Å². The number of hydrogen-bond donors (Lipinski definition) is 1. The van der Waals surface area contributed by atoms with Gasteiger partial charge in [0.1, 0.15) is 6.04 Å². The van der Waals surface area contributed by atoms with Crippen molar-refractivity contribution in [1.82, 2.24) is 10.2 Å². The Hall–Kier alpha value is -1.40. The van der Waals surface area contributed by atoms with Gasteiger partial charge in [-0.2, -0.15) is 0 Å². The third kappa shape index (κ3) is 8.23. The van der Waals surface area contributed by atoms with Crippen LogP contribution in [0.5, 0.6) is 0 Å². The van der Waals surface area contributed by atoms with Gasteiger partial charge < -0.3 is 10.2 Å². The third-order valence-corrected chi connectivity index (χ3v) is 6.85. The standard InChI is InChI=1S/C23H27Cl3N2O2S/c1-3-4-11-27-23(30)16(2)28(13-17-9-10-20(25)21(26)12-17)22(29)15-31-14-18-7-5-6-8-19(18)24/h5-10,12,16H,3-4,11,13-15H2,1-2H3,(H,27,30). The predicted octanol–water partition coefficient (Wildman–Crippen LogP) is 6.21. The molecule has 1 N–H and O–H groups in total. The fraction of sp³-hybridized carbons (Fsp3) is 0.391. The summed E-state index contributed by atoms with van der Waals surface area (Å²) in [5, 5.41) is 4.45. The second-order valence-corrected chi connectivity index (χ2v) is 9.38. The Kier molecular flexibility index (Phi) is 11.0. The quantitative estimate of drug-likeness (QED) is 0.372. The Balaban J connectivity index is 2.09. The highest BCUT2D eigenvalue weighted by molar-refractivity contribution is 7.99. The molecular weight excluding hydrogens is 475 g/mol. The van der Waals surface area contributed by atoms with Gasteiger partial charge >= 0.3 is 0 Å². The van der Waals surface area contributed by atoms with Crippen LogP contribution in [0.4, 0.5) is 0 Å². The zero-order valence-electron chi connectivity index (χ0n) is 17.7. The molecule has 0 spiro atoms. The lowest BCUT2D eigenvalue weighted by molar-refractivity contribution is -0.138. The SMILES string of the molecule is CCCCNC(=O)C(C)N(Cc1ccc(Cl)c(Cl)c1)C(=O)CSCc1ccccc1Cl. The summed E-state index contributed by atoms with van der Waals surface area (Å²) in [6.07, 6.45) is 1.88. The number of amides is 2. The van der Waals surface area contributed by atoms with Crippen LogP contribution in [0.3, 0.4) is 0 Å². The van der Waals surface area contributed by atoms with E-state index >= 15 is 0 Å². The van der Waals surface area contributed by atoms with E-state index in [-0.39, 0.29) is 24.1 Å². The van der Waals surface area contributed by atoms with E-state index in [1.165, 1.54) is 11.8 Å².